The Morgan fingerprint density at radius 3 is 2.41 bits per heavy atom. The van der Waals surface area contributed by atoms with Crippen LogP contribution in [0, 0.1) is 0 Å². The van der Waals surface area contributed by atoms with E-state index in [1.54, 1.807) is 6.07 Å². The maximum Gasteiger partial charge on any atom is 0.488 e. The quantitative estimate of drug-likeness (QED) is 0.607. The Morgan fingerprint density at radius 2 is 1.65 bits per heavy atom. The van der Waals surface area contributed by atoms with Crippen molar-refractivity contribution in [2.45, 2.75) is 0 Å². The lowest BCUT2D eigenvalue weighted by atomic mass is 9.80. The van der Waals surface area contributed by atoms with Gasteiger partial charge in [-0.25, -0.2) is 0 Å². The van der Waals surface area contributed by atoms with Gasteiger partial charge in [-0.15, -0.1) is 0 Å². The van der Waals surface area contributed by atoms with Gasteiger partial charge in [-0.2, -0.15) is 0 Å². The fourth-order valence-corrected chi connectivity index (χ4v) is 2.34. The van der Waals surface area contributed by atoms with Crippen LogP contribution < -0.4 is 5.46 Å². The molecule has 2 aromatic carbocycles. The van der Waals surface area contributed by atoms with E-state index >= 15 is 0 Å². The molecule has 0 saturated heterocycles. The minimum absolute atomic E-state index is 0.517. The van der Waals surface area contributed by atoms with Crippen LogP contribution in [0.1, 0.15) is 0 Å². The van der Waals surface area contributed by atoms with Gasteiger partial charge in [-0.05, 0) is 17.6 Å². The maximum atomic E-state index is 9.20. The van der Waals surface area contributed by atoms with E-state index < -0.39 is 7.12 Å². The third kappa shape index (κ3) is 1.45. The van der Waals surface area contributed by atoms with Crippen molar-refractivity contribution in [3.05, 3.63) is 42.5 Å². The van der Waals surface area contributed by atoms with Crippen molar-refractivity contribution < 1.29 is 10.0 Å². The number of fused-ring (bicyclic) bond motifs is 3. The molecule has 1 aromatic heterocycles. The SMILES string of the molecule is Cn1c2ccccc2c2ccc(B(O)O)cc21. The number of aryl methyl sites for hydroxylation is 1. The third-order valence-electron chi connectivity index (χ3n) is 3.24. The minimum Gasteiger partial charge on any atom is -0.423 e. The third-order valence-corrected chi connectivity index (χ3v) is 3.24. The molecular weight excluding hydrogens is 213 g/mol. The van der Waals surface area contributed by atoms with E-state index in [-0.39, 0.29) is 0 Å². The summed E-state index contributed by atoms with van der Waals surface area (Å²) >= 11 is 0. The first-order valence-electron chi connectivity index (χ1n) is 5.51. The van der Waals surface area contributed by atoms with Crippen LogP contribution in [0.4, 0.5) is 0 Å². The summed E-state index contributed by atoms with van der Waals surface area (Å²) in [6.07, 6.45) is 0. The van der Waals surface area contributed by atoms with E-state index in [0.29, 0.717) is 5.46 Å². The van der Waals surface area contributed by atoms with Crippen LogP contribution in [-0.4, -0.2) is 21.7 Å². The number of hydrogen-bond donors (Lipinski definition) is 2. The van der Waals surface area contributed by atoms with Crippen molar-refractivity contribution in [3.8, 4) is 0 Å². The molecule has 0 aliphatic rings. The number of rotatable bonds is 1. The van der Waals surface area contributed by atoms with Gasteiger partial charge in [0.15, 0.2) is 0 Å². The zero-order chi connectivity index (χ0) is 12.0. The number of nitrogens with zero attached hydrogens (tertiary/aromatic N) is 1. The van der Waals surface area contributed by atoms with Gasteiger partial charge >= 0.3 is 7.12 Å². The smallest absolute Gasteiger partial charge is 0.423 e. The highest BCUT2D eigenvalue weighted by atomic mass is 16.4. The lowest BCUT2D eigenvalue weighted by Crippen LogP contribution is -2.29. The van der Waals surface area contributed by atoms with Gasteiger partial charge in [-0.3, -0.25) is 0 Å². The summed E-state index contributed by atoms with van der Waals surface area (Å²) in [7, 11) is 0.565. The van der Waals surface area contributed by atoms with E-state index in [0.717, 1.165) is 16.4 Å². The van der Waals surface area contributed by atoms with Crippen molar-refractivity contribution in [3.63, 3.8) is 0 Å². The fourth-order valence-electron chi connectivity index (χ4n) is 2.34. The maximum absolute atomic E-state index is 9.20. The van der Waals surface area contributed by atoms with Crippen molar-refractivity contribution in [1.82, 2.24) is 4.57 Å². The van der Waals surface area contributed by atoms with Gasteiger partial charge in [0.05, 0.1) is 0 Å². The molecule has 1 heterocycles. The Bertz CT molecular complexity index is 703. The lowest BCUT2D eigenvalue weighted by molar-refractivity contribution is 0.426. The van der Waals surface area contributed by atoms with Crippen LogP contribution in [0.25, 0.3) is 21.8 Å². The highest BCUT2D eigenvalue weighted by molar-refractivity contribution is 6.59. The molecule has 17 heavy (non-hydrogen) atoms. The second-order valence-corrected chi connectivity index (χ2v) is 4.23. The predicted octanol–water partition coefficient (Wildman–Crippen LogP) is 1.01. The highest BCUT2D eigenvalue weighted by Crippen LogP contribution is 2.26. The zero-order valence-corrected chi connectivity index (χ0v) is 9.46. The topological polar surface area (TPSA) is 45.4 Å². The van der Waals surface area contributed by atoms with Gasteiger partial charge in [-0.1, -0.05) is 30.3 Å². The normalized spacial score (nSPS) is 11.2. The van der Waals surface area contributed by atoms with Crippen molar-refractivity contribution >= 4 is 34.4 Å². The fraction of sp³-hybridized carbons (Fsp3) is 0.0769. The Morgan fingerprint density at radius 1 is 0.941 bits per heavy atom. The van der Waals surface area contributed by atoms with Crippen LogP contribution in [0.5, 0.6) is 0 Å². The molecule has 0 unspecified atom stereocenters. The first kappa shape index (κ1) is 10.4. The first-order valence-corrected chi connectivity index (χ1v) is 5.51. The summed E-state index contributed by atoms with van der Waals surface area (Å²) in [5.41, 5.74) is 2.67. The summed E-state index contributed by atoms with van der Waals surface area (Å²) < 4.78 is 2.07. The summed E-state index contributed by atoms with van der Waals surface area (Å²) in [4.78, 5) is 0. The second-order valence-electron chi connectivity index (χ2n) is 4.23. The summed E-state index contributed by atoms with van der Waals surface area (Å²) in [6, 6.07) is 13.7. The molecule has 0 fully saturated rings. The minimum atomic E-state index is -1.42. The van der Waals surface area contributed by atoms with Crippen LogP contribution in [-0.2, 0) is 7.05 Å². The van der Waals surface area contributed by atoms with Crippen LogP contribution >= 0.6 is 0 Å². The number of para-hydroxylation sites is 1. The van der Waals surface area contributed by atoms with E-state index in [4.69, 9.17) is 0 Å². The molecule has 0 amide bonds. The average molecular weight is 225 g/mol. The Hall–Kier alpha value is -1.78. The molecule has 3 rings (SSSR count). The van der Waals surface area contributed by atoms with Crippen molar-refractivity contribution in [2.24, 2.45) is 7.05 Å². The molecule has 0 atom stereocenters. The Kier molecular flexibility index (Phi) is 2.21. The number of hydrogen-bond acceptors (Lipinski definition) is 2. The molecule has 4 heteroatoms. The molecule has 84 valence electrons. The molecule has 0 radical (unpaired) electrons. The van der Waals surface area contributed by atoms with Crippen molar-refractivity contribution in [1.29, 1.82) is 0 Å². The van der Waals surface area contributed by atoms with Crippen molar-refractivity contribution in [2.75, 3.05) is 0 Å². The van der Waals surface area contributed by atoms with E-state index in [9.17, 15) is 10.0 Å². The molecular formula is C13H12BNO2. The van der Waals surface area contributed by atoms with Gasteiger partial charge < -0.3 is 14.6 Å². The molecule has 0 saturated carbocycles. The van der Waals surface area contributed by atoms with Crippen LogP contribution in [0.15, 0.2) is 42.5 Å². The first-order chi connectivity index (χ1) is 8.18. The number of aromatic nitrogens is 1. The lowest BCUT2D eigenvalue weighted by Gasteiger charge is -2.01. The number of benzene rings is 2. The van der Waals surface area contributed by atoms with Crippen LogP contribution in [0.3, 0.4) is 0 Å². The van der Waals surface area contributed by atoms with Gasteiger partial charge in [0.25, 0.3) is 0 Å². The summed E-state index contributed by atoms with van der Waals surface area (Å²) in [5.74, 6) is 0. The van der Waals surface area contributed by atoms with E-state index in [1.807, 2.05) is 31.3 Å². The predicted molar refractivity (Wildman–Crippen MR) is 70.3 cm³/mol. The molecule has 2 N–H and O–H groups in total. The molecule has 0 spiro atoms. The molecule has 3 aromatic rings. The van der Waals surface area contributed by atoms with Crippen LogP contribution in [0.2, 0.25) is 0 Å². The molecule has 0 bridgehead atoms. The Balaban J connectivity index is 2.45. The van der Waals surface area contributed by atoms with Gasteiger partial charge in [0, 0.05) is 28.9 Å². The van der Waals surface area contributed by atoms with Gasteiger partial charge in [0.1, 0.15) is 0 Å². The summed E-state index contributed by atoms with van der Waals surface area (Å²) in [5, 5.41) is 20.7. The van der Waals surface area contributed by atoms with Gasteiger partial charge in [0.2, 0.25) is 0 Å². The molecule has 0 aliphatic heterocycles. The zero-order valence-electron chi connectivity index (χ0n) is 9.46. The average Bonchev–Trinajstić information content (AvgIpc) is 2.64. The highest BCUT2D eigenvalue weighted by Gasteiger charge is 2.14. The summed E-state index contributed by atoms with van der Waals surface area (Å²) in [6.45, 7) is 0. The molecule has 0 aliphatic carbocycles. The standard InChI is InChI=1S/C13H12BNO2/c1-15-12-5-3-2-4-10(12)11-7-6-9(14(16)17)8-13(11)15/h2-8,16-17H,1H3. The Labute approximate surface area is 99.1 Å². The largest absolute Gasteiger partial charge is 0.488 e. The monoisotopic (exact) mass is 225 g/mol. The second kappa shape index (κ2) is 3.62. The molecule has 3 nitrogen and oxygen atoms in total. The van der Waals surface area contributed by atoms with E-state index in [2.05, 4.69) is 16.7 Å². The van der Waals surface area contributed by atoms with E-state index in [1.165, 1.54) is 5.39 Å².